The summed E-state index contributed by atoms with van der Waals surface area (Å²) in [7, 11) is 1.65. The fourth-order valence-corrected chi connectivity index (χ4v) is 2.12. The number of benzene rings is 2. The summed E-state index contributed by atoms with van der Waals surface area (Å²) in [6, 6.07) is 9.83. The first-order valence-electron chi connectivity index (χ1n) is 5.36. The zero-order valence-electron chi connectivity index (χ0n) is 9.79. The van der Waals surface area contributed by atoms with Crippen LogP contribution in [0.25, 0.3) is 10.8 Å². The second-order valence-electron chi connectivity index (χ2n) is 3.97. The van der Waals surface area contributed by atoms with Crippen LogP contribution >= 0.6 is 11.6 Å². The van der Waals surface area contributed by atoms with E-state index in [0.717, 1.165) is 27.6 Å². The molecule has 88 valence electrons. The van der Waals surface area contributed by atoms with Crippen molar-refractivity contribution in [3.63, 3.8) is 0 Å². The van der Waals surface area contributed by atoms with Crippen molar-refractivity contribution in [2.45, 2.75) is 13.3 Å². The van der Waals surface area contributed by atoms with Crippen molar-refractivity contribution >= 4 is 27.6 Å². The molecule has 2 aromatic carbocycles. The average molecular weight is 249 g/mol. The van der Waals surface area contributed by atoms with E-state index >= 15 is 0 Å². The summed E-state index contributed by atoms with van der Waals surface area (Å²) in [6.45, 7) is 2.00. The Morgan fingerprint density at radius 1 is 1.29 bits per heavy atom. The summed E-state index contributed by atoms with van der Waals surface area (Å²) in [4.78, 5) is 10.9. The summed E-state index contributed by atoms with van der Waals surface area (Å²) in [5.74, 6) is 0.832. The average Bonchev–Trinajstić information content (AvgIpc) is 2.32. The number of carbonyl (C=O) groups is 1. The van der Waals surface area contributed by atoms with E-state index in [4.69, 9.17) is 16.3 Å². The number of methoxy groups -OCH3 is 1. The molecule has 0 unspecified atom stereocenters. The topological polar surface area (TPSA) is 26.3 Å². The molecular weight excluding hydrogens is 236 g/mol. The number of fused-ring (bicyclic) bond motifs is 1. The minimum absolute atomic E-state index is 0.273. The molecule has 0 aliphatic carbocycles. The number of hydrogen-bond acceptors (Lipinski definition) is 2. The summed E-state index contributed by atoms with van der Waals surface area (Å²) in [6.07, 6.45) is 0.273. The van der Waals surface area contributed by atoms with Gasteiger partial charge in [-0.25, -0.2) is 0 Å². The second kappa shape index (κ2) is 4.76. The molecule has 0 aliphatic heterocycles. The van der Waals surface area contributed by atoms with E-state index in [1.54, 1.807) is 7.11 Å². The van der Waals surface area contributed by atoms with E-state index < -0.39 is 0 Å². The van der Waals surface area contributed by atoms with Crippen LogP contribution in [-0.2, 0) is 11.2 Å². The minimum Gasteiger partial charge on any atom is -0.497 e. The van der Waals surface area contributed by atoms with Crippen LogP contribution in [0.3, 0.4) is 0 Å². The number of hydrogen-bond donors (Lipinski definition) is 0. The Balaban J connectivity index is 2.56. The molecule has 0 aliphatic rings. The van der Waals surface area contributed by atoms with Gasteiger partial charge in [-0.3, -0.25) is 4.79 Å². The predicted octanol–water partition coefficient (Wildman–Crippen LogP) is 3.46. The van der Waals surface area contributed by atoms with Crippen molar-refractivity contribution in [3.8, 4) is 5.75 Å². The van der Waals surface area contributed by atoms with Crippen LogP contribution in [0.2, 0.25) is 0 Å². The molecule has 0 amide bonds. The van der Waals surface area contributed by atoms with Gasteiger partial charge in [0, 0.05) is 6.42 Å². The summed E-state index contributed by atoms with van der Waals surface area (Å²) < 4.78 is 5.18. The Labute approximate surface area is 105 Å². The largest absolute Gasteiger partial charge is 0.497 e. The van der Waals surface area contributed by atoms with Gasteiger partial charge >= 0.3 is 0 Å². The van der Waals surface area contributed by atoms with Crippen molar-refractivity contribution in [3.05, 3.63) is 41.5 Å². The smallest absolute Gasteiger partial charge is 0.226 e. The Morgan fingerprint density at radius 3 is 2.71 bits per heavy atom. The molecule has 0 atom stereocenters. The van der Waals surface area contributed by atoms with Crippen LogP contribution in [0.1, 0.15) is 11.1 Å². The quantitative estimate of drug-likeness (QED) is 0.778. The Bertz CT molecular complexity index is 576. The van der Waals surface area contributed by atoms with Crippen LogP contribution in [0.5, 0.6) is 5.75 Å². The molecule has 2 nitrogen and oxygen atoms in total. The second-order valence-corrected chi connectivity index (χ2v) is 4.39. The molecule has 0 spiro atoms. The van der Waals surface area contributed by atoms with Gasteiger partial charge in [-0.2, -0.15) is 0 Å². The van der Waals surface area contributed by atoms with Crippen LogP contribution in [0, 0.1) is 6.92 Å². The van der Waals surface area contributed by atoms with E-state index in [1.807, 2.05) is 37.3 Å². The lowest BCUT2D eigenvalue weighted by atomic mass is 9.98. The van der Waals surface area contributed by atoms with Gasteiger partial charge in [0.25, 0.3) is 0 Å². The van der Waals surface area contributed by atoms with Gasteiger partial charge in [0.2, 0.25) is 5.24 Å². The molecule has 0 aromatic heterocycles. The van der Waals surface area contributed by atoms with Crippen molar-refractivity contribution in [2.24, 2.45) is 0 Å². The number of rotatable bonds is 3. The van der Waals surface area contributed by atoms with Crippen molar-refractivity contribution < 1.29 is 9.53 Å². The van der Waals surface area contributed by atoms with E-state index in [9.17, 15) is 4.79 Å². The molecule has 0 N–H and O–H groups in total. The fraction of sp³-hybridized carbons (Fsp3) is 0.214. The van der Waals surface area contributed by atoms with Crippen molar-refractivity contribution in [2.75, 3.05) is 7.11 Å². The maximum Gasteiger partial charge on any atom is 0.226 e. The molecule has 0 fully saturated rings. The van der Waals surface area contributed by atoms with Gasteiger partial charge < -0.3 is 4.74 Å². The molecule has 0 radical (unpaired) electrons. The standard InChI is InChI=1S/C14H13ClO2/c1-9-10(8-14(15)16)3-4-11-7-12(17-2)5-6-13(9)11/h3-7H,8H2,1-2H3. The summed E-state index contributed by atoms with van der Waals surface area (Å²) >= 11 is 5.42. The molecular formula is C14H13ClO2. The number of carbonyl (C=O) groups excluding carboxylic acids is 1. The summed E-state index contributed by atoms with van der Waals surface area (Å²) in [5, 5.41) is 1.90. The van der Waals surface area contributed by atoms with Gasteiger partial charge in [0.05, 0.1) is 7.11 Å². The lowest BCUT2D eigenvalue weighted by molar-refractivity contribution is -0.111. The lowest BCUT2D eigenvalue weighted by Gasteiger charge is -2.09. The first-order valence-corrected chi connectivity index (χ1v) is 5.74. The molecule has 2 rings (SSSR count). The number of halogens is 1. The van der Waals surface area contributed by atoms with Crippen LogP contribution in [0.15, 0.2) is 30.3 Å². The number of ether oxygens (including phenoxy) is 1. The van der Waals surface area contributed by atoms with E-state index in [-0.39, 0.29) is 11.7 Å². The first kappa shape index (κ1) is 11.9. The monoisotopic (exact) mass is 248 g/mol. The van der Waals surface area contributed by atoms with Crippen LogP contribution in [-0.4, -0.2) is 12.4 Å². The zero-order chi connectivity index (χ0) is 12.4. The third-order valence-electron chi connectivity index (χ3n) is 2.94. The molecule has 0 saturated carbocycles. The summed E-state index contributed by atoms with van der Waals surface area (Å²) in [5.41, 5.74) is 2.07. The highest BCUT2D eigenvalue weighted by molar-refractivity contribution is 6.63. The lowest BCUT2D eigenvalue weighted by Crippen LogP contribution is -1.97. The Morgan fingerprint density at radius 2 is 2.06 bits per heavy atom. The Kier molecular flexibility index (Phi) is 3.34. The maximum absolute atomic E-state index is 10.9. The first-order chi connectivity index (χ1) is 8.11. The highest BCUT2D eigenvalue weighted by Gasteiger charge is 2.07. The predicted molar refractivity (Wildman–Crippen MR) is 69.8 cm³/mol. The number of aryl methyl sites for hydroxylation is 1. The van der Waals surface area contributed by atoms with Crippen LogP contribution in [0.4, 0.5) is 0 Å². The molecule has 0 bridgehead atoms. The van der Waals surface area contributed by atoms with Gasteiger partial charge in [-0.1, -0.05) is 18.2 Å². The minimum atomic E-state index is -0.332. The van der Waals surface area contributed by atoms with Crippen molar-refractivity contribution in [1.29, 1.82) is 0 Å². The highest BCUT2D eigenvalue weighted by atomic mass is 35.5. The fourth-order valence-electron chi connectivity index (χ4n) is 1.98. The van der Waals surface area contributed by atoms with Crippen molar-refractivity contribution in [1.82, 2.24) is 0 Å². The van der Waals surface area contributed by atoms with Gasteiger partial charge in [0.1, 0.15) is 5.75 Å². The molecule has 2 aromatic rings. The molecule has 17 heavy (non-hydrogen) atoms. The maximum atomic E-state index is 10.9. The van der Waals surface area contributed by atoms with Gasteiger partial charge in [0.15, 0.2) is 0 Å². The van der Waals surface area contributed by atoms with Gasteiger partial charge in [-0.15, -0.1) is 0 Å². The third kappa shape index (κ3) is 2.42. The molecule has 0 heterocycles. The zero-order valence-corrected chi connectivity index (χ0v) is 10.5. The van der Waals surface area contributed by atoms with Gasteiger partial charge in [-0.05, 0) is 52.6 Å². The Hall–Kier alpha value is -1.54. The SMILES string of the molecule is COc1ccc2c(C)c(CC(=O)Cl)ccc2c1. The van der Waals surface area contributed by atoms with E-state index in [0.29, 0.717) is 0 Å². The van der Waals surface area contributed by atoms with Crippen LogP contribution < -0.4 is 4.74 Å². The highest BCUT2D eigenvalue weighted by Crippen LogP contribution is 2.26. The normalized spacial score (nSPS) is 10.5. The molecule has 0 saturated heterocycles. The third-order valence-corrected chi connectivity index (χ3v) is 3.07. The van der Waals surface area contributed by atoms with E-state index in [1.165, 1.54) is 0 Å². The van der Waals surface area contributed by atoms with E-state index in [2.05, 4.69) is 0 Å². The molecule has 3 heteroatoms.